The van der Waals surface area contributed by atoms with E-state index in [1.165, 1.54) is 0 Å². The van der Waals surface area contributed by atoms with Crippen LogP contribution >= 0.6 is 0 Å². The fraction of sp³-hybridized carbons (Fsp3) is 0.600. The number of benzene rings is 1. The number of primary sulfonamides is 1. The highest BCUT2D eigenvalue weighted by molar-refractivity contribution is 7.89. The van der Waals surface area contributed by atoms with Crippen LogP contribution in [-0.2, 0) is 16.4 Å². The topological polar surface area (TPSA) is 69.4 Å². The summed E-state index contributed by atoms with van der Waals surface area (Å²) >= 11 is 0. The van der Waals surface area contributed by atoms with Crippen LogP contribution in [0, 0.1) is 11.3 Å². The van der Waals surface area contributed by atoms with Crippen molar-refractivity contribution in [1.82, 2.24) is 0 Å². The maximum Gasteiger partial charge on any atom is 0.209 e. The van der Waals surface area contributed by atoms with Crippen LogP contribution in [0.25, 0.3) is 0 Å². The summed E-state index contributed by atoms with van der Waals surface area (Å²) in [6, 6.07) is 7.81. The SMILES string of the molecule is CCc1ccccc1OCC(CS(N)(=O)=O)C(C)(C)C. The largest absolute Gasteiger partial charge is 0.493 e. The van der Waals surface area contributed by atoms with Gasteiger partial charge in [0.1, 0.15) is 5.75 Å². The maximum absolute atomic E-state index is 11.3. The third-order valence-electron chi connectivity index (χ3n) is 3.45. The molecule has 0 aliphatic carbocycles. The standard InChI is InChI=1S/C15H25NO3S/c1-5-12-8-6-7-9-14(12)19-10-13(15(2,3)4)11-20(16,17)18/h6-9,13H,5,10-11H2,1-4H3,(H2,16,17,18). The highest BCUT2D eigenvalue weighted by atomic mass is 32.2. The first-order valence-electron chi connectivity index (χ1n) is 6.84. The van der Waals surface area contributed by atoms with Crippen LogP contribution in [-0.4, -0.2) is 20.8 Å². The van der Waals surface area contributed by atoms with E-state index in [0.29, 0.717) is 6.61 Å². The van der Waals surface area contributed by atoms with Gasteiger partial charge in [-0.25, -0.2) is 13.6 Å². The van der Waals surface area contributed by atoms with Gasteiger partial charge in [0.05, 0.1) is 12.4 Å². The molecule has 0 heterocycles. The summed E-state index contributed by atoms with van der Waals surface area (Å²) < 4.78 is 28.5. The molecule has 4 nitrogen and oxygen atoms in total. The minimum Gasteiger partial charge on any atom is -0.493 e. The second kappa shape index (κ2) is 6.59. The van der Waals surface area contributed by atoms with E-state index in [1.54, 1.807) is 0 Å². The van der Waals surface area contributed by atoms with Gasteiger partial charge >= 0.3 is 0 Å². The Hall–Kier alpha value is -1.07. The van der Waals surface area contributed by atoms with Crippen molar-refractivity contribution in [3.8, 4) is 5.75 Å². The van der Waals surface area contributed by atoms with Crippen LogP contribution in [0.1, 0.15) is 33.3 Å². The Morgan fingerprint density at radius 1 is 1.25 bits per heavy atom. The molecule has 0 amide bonds. The van der Waals surface area contributed by atoms with Gasteiger partial charge in [0.15, 0.2) is 0 Å². The van der Waals surface area contributed by atoms with Crippen molar-refractivity contribution >= 4 is 10.0 Å². The minimum atomic E-state index is -3.51. The van der Waals surface area contributed by atoms with Gasteiger partial charge in [-0.3, -0.25) is 0 Å². The van der Waals surface area contributed by atoms with Crippen LogP contribution in [0.15, 0.2) is 24.3 Å². The molecule has 0 saturated carbocycles. The number of nitrogens with two attached hydrogens (primary N) is 1. The molecule has 1 unspecified atom stereocenters. The maximum atomic E-state index is 11.3. The highest BCUT2D eigenvalue weighted by Crippen LogP contribution is 2.28. The number of sulfonamides is 1. The predicted molar refractivity (Wildman–Crippen MR) is 82.2 cm³/mol. The van der Waals surface area contributed by atoms with Gasteiger partial charge in [0, 0.05) is 5.92 Å². The van der Waals surface area contributed by atoms with Crippen molar-refractivity contribution in [1.29, 1.82) is 0 Å². The van der Waals surface area contributed by atoms with Gasteiger partial charge in [0.25, 0.3) is 0 Å². The smallest absolute Gasteiger partial charge is 0.209 e. The van der Waals surface area contributed by atoms with E-state index >= 15 is 0 Å². The lowest BCUT2D eigenvalue weighted by Crippen LogP contribution is -2.35. The average Bonchev–Trinajstić information content (AvgIpc) is 2.32. The molecule has 1 atom stereocenters. The molecule has 114 valence electrons. The Kier molecular flexibility index (Phi) is 5.59. The number of rotatable bonds is 6. The van der Waals surface area contributed by atoms with Crippen molar-refractivity contribution in [2.45, 2.75) is 34.1 Å². The molecule has 1 rings (SSSR count). The Balaban J connectivity index is 2.81. The lowest BCUT2D eigenvalue weighted by Gasteiger charge is -2.30. The molecule has 20 heavy (non-hydrogen) atoms. The minimum absolute atomic E-state index is 0.0647. The number of ether oxygens (including phenoxy) is 1. The predicted octanol–water partition coefficient (Wildman–Crippen LogP) is 2.58. The van der Waals surface area contributed by atoms with Gasteiger partial charge in [-0.1, -0.05) is 45.9 Å². The van der Waals surface area contributed by atoms with Crippen LogP contribution in [0.4, 0.5) is 0 Å². The second-order valence-electron chi connectivity index (χ2n) is 6.16. The Bertz CT molecular complexity index is 532. The van der Waals surface area contributed by atoms with Gasteiger partial charge in [0.2, 0.25) is 10.0 Å². The fourth-order valence-electron chi connectivity index (χ4n) is 1.96. The lowest BCUT2D eigenvalue weighted by atomic mass is 9.82. The first-order valence-corrected chi connectivity index (χ1v) is 8.56. The third kappa shape index (κ3) is 5.51. The van der Waals surface area contributed by atoms with E-state index in [9.17, 15) is 8.42 Å². The Morgan fingerprint density at radius 3 is 2.35 bits per heavy atom. The molecule has 0 aliphatic heterocycles. The summed E-state index contributed by atoms with van der Waals surface area (Å²) in [6.45, 7) is 8.40. The highest BCUT2D eigenvalue weighted by Gasteiger charge is 2.29. The van der Waals surface area contributed by atoms with E-state index in [1.807, 2.05) is 45.0 Å². The molecule has 0 fully saturated rings. The molecule has 0 saturated heterocycles. The second-order valence-corrected chi connectivity index (χ2v) is 7.82. The molecule has 0 spiro atoms. The summed E-state index contributed by atoms with van der Waals surface area (Å²) in [5.41, 5.74) is 0.934. The first-order chi connectivity index (χ1) is 9.13. The number of hydrogen-bond donors (Lipinski definition) is 1. The van der Waals surface area contributed by atoms with E-state index < -0.39 is 10.0 Å². The van der Waals surface area contributed by atoms with Crippen LogP contribution in [0.2, 0.25) is 0 Å². The van der Waals surface area contributed by atoms with Gasteiger partial charge in [-0.2, -0.15) is 0 Å². The fourth-order valence-corrected chi connectivity index (χ4v) is 3.11. The normalized spacial score (nSPS) is 14.1. The summed E-state index contributed by atoms with van der Waals surface area (Å²) in [4.78, 5) is 0. The molecule has 0 radical (unpaired) electrons. The zero-order chi connectivity index (χ0) is 15.4. The molecule has 0 bridgehead atoms. The van der Waals surface area contributed by atoms with E-state index in [2.05, 4.69) is 6.92 Å². The molecular weight excluding hydrogens is 274 g/mol. The molecule has 1 aromatic carbocycles. The van der Waals surface area contributed by atoms with Crippen LogP contribution in [0.5, 0.6) is 5.75 Å². The molecule has 0 aromatic heterocycles. The average molecular weight is 299 g/mol. The van der Waals surface area contributed by atoms with Gasteiger partial charge in [-0.05, 0) is 23.5 Å². The van der Waals surface area contributed by atoms with Crippen molar-refractivity contribution in [2.24, 2.45) is 16.5 Å². The molecule has 1 aromatic rings. The van der Waals surface area contributed by atoms with Crippen LogP contribution < -0.4 is 9.88 Å². The van der Waals surface area contributed by atoms with E-state index in [0.717, 1.165) is 17.7 Å². The van der Waals surface area contributed by atoms with Crippen molar-refractivity contribution in [2.75, 3.05) is 12.4 Å². The quantitative estimate of drug-likeness (QED) is 0.877. The number of aryl methyl sites for hydroxylation is 1. The first kappa shape index (κ1) is 17.0. The van der Waals surface area contributed by atoms with Crippen LogP contribution in [0.3, 0.4) is 0 Å². The third-order valence-corrected chi connectivity index (χ3v) is 4.32. The molecule has 2 N–H and O–H groups in total. The zero-order valence-corrected chi connectivity index (χ0v) is 13.5. The molecular formula is C15H25NO3S. The van der Waals surface area contributed by atoms with Crippen molar-refractivity contribution in [3.63, 3.8) is 0 Å². The van der Waals surface area contributed by atoms with Crippen molar-refractivity contribution in [3.05, 3.63) is 29.8 Å². The van der Waals surface area contributed by atoms with Gasteiger partial charge < -0.3 is 4.74 Å². The van der Waals surface area contributed by atoms with E-state index in [4.69, 9.17) is 9.88 Å². The van der Waals surface area contributed by atoms with Gasteiger partial charge in [-0.15, -0.1) is 0 Å². The Labute approximate surface area is 122 Å². The number of para-hydroxylation sites is 1. The Morgan fingerprint density at radius 2 is 1.85 bits per heavy atom. The van der Waals surface area contributed by atoms with Crippen molar-refractivity contribution < 1.29 is 13.2 Å². The summed E-state index contributed by atoms with van der Waals surface area (Å²) in [7, 11) is -3.51. The lowest BCUT2D eigenvalue weighted by molar-refractivity contribution is 0.162. The summed E-state index contributed by atoms with van der Waals surface area (Å²) in [5.74, 6) is 0.603. The molecule has 5 heteroatoms. The number of hydrogen-bond acceptors (Lipinski definition) is 3. The van der Waals surface area contributed by atoms with E-state index in [-0.39, 0.29) is 17.1 Å². The zero-order valence-electron chi connectivity index (χ0n) is 12.7. The summed E-state index contributed by atoms with van der Waals surface area (Å²) in [6.07, 6.45) is 0.881. The summed E-state index contributed by atoms with van der Waals surface area (Å²) in [5, 5.41) is 5.17. The monoisotopic (exact) mass is 299 g/mol. The molecule has 0 aliphatic rings.